The molecule has 1 N–H and O–H groups in total. The number of halogens is 3. The van der Waals surface area contributed by atoms with Gasteiger partial charge in [-0.2, -0.15) is 18.2 Å². The summed E-state index contributed by atoms with van der Waals surface area (Å²) >= 11 is 0. The van der Waals surface area contributed by atoms with Gasteiger partial charge in [0.15, 0.2) is 0 Å². The van der Waals surface area contributed by atoms with Gasteiger partial charge in [-0.15, -0.1) is 0 Å². The van der Waals surface area contributed by atoms with Crippen LogP contribution < -0.4 is 10.1 Å². The number of alkyl halides is 3. The number of benzene rings is 2. The molecule has 0 spiro atoms. The van der Waals surface area contributed by atoms with Crippen molar-refractivity contribution in [2.45, 2.75) is 26.1 Å². The molecule has 0 bridgehead atoms. The molecule has 1 heterocycles. The van der Waals surface area contributed by atoms with Crippen molar-refractivity contribution in [2.75, 3.05) is 25.5 Å². The van der Waals surface area contributed by atoms with Crippen LogP contribution in [-0.2, 0) is 17.5 Å². The van der Waals surface area contributed by atoms with Crippen molar-refractivity contribution in [3.05, 3.63) is 60.0 Å². The fraction of sp³-hybridized carbons (Fsp3) is 0.318. The Hall–Kier alpha value is -3.40. The maximum Gasteiger partial charge on any atom is 0.416 e. The summed E-state index contributed by atoms with van der Waals surface area (Å²) in [5.41, 5.74) is 0.225. The third-order valence-electron chi connectivity index (χ3n) is 4.59. The second-order valence-corrected chi connectivity index (χ2v) is 7.05. The standard InChI is InChI=1S/C22H23F3N4O3/c1-3-12-29(13-19(30)26-17-6-4-5-7-18(17)31-2)14-20-27-21(28-32-20)15-8-10-16(11-9-15)22(23,24)25/h4-11H,3,12-14H2,1-2H3,(H,26,30). The van der Waals surface area contributed by atoms with Crippen LogP contribution in [0.15, 0.2) is 53.1 Å². The zero-order chi connectivity index (χ0) is 23.1. The first-order valence-corrected chi connectivity index (χ1v) is 9.95. The number of ether oxygens (including phenoxy) is 1. The number of carbonyl (C=O) groups excluding carboxylic acids is 1. The average molecular weight is 448 g/mol. The molecule has 2 aromatic carbocycles. The van der Waals surface area contributed by atoms with E-state index in [4.69, 9.17) is 9.26 Å². The van der Waals surface area contributed by atoms with Crippen LogP contribution in [-0.4, -0.2) is 41.1 Å². The lowest BCUT2D eigenvalue weighted by Crippen LogP contribution is -2.33. The molecule has 0 atom stereocenters. The van der Waals surface area contributed by atoms with Crippen molar-refractivity contribution in [1.29, 1.82) is 0 Å². The predicted molar refractivity (Wildman–Crippen MR) is 112 cm³/mol. The lowest BCUT2D eigenvalue weighted by atomic mass is 10.1. The minimum absolute atomic E-state index is 0.0872. The second kappa shape index (κ2) is 10.3. The Kier molecular flexibility index (Phi) is 7.47. The number of carbonyl (C=O) groups is 1. The number of hydrogen-bond donors (Lipinski definition) is 1. The van der Waals surface area contributed by atoms with E-state index in [1.807, 2.05) is 17.9 Å². The van der Waals surface area contributed by atoms with Gasteiger partial charge in [0, 0.05) is 5.56 Å². The highest BCUT2D eigenvalue weighted by Crippen LogP contribution is 2.30. The summed E-state index contributed by atoms with van der Waals surface area (Å²) in [6.45, 7) is 2.90. The van der Waals surface area contributed by atoms with Gasteiger partial charge >= 0.3 is 6.18 Å². The minimum atomic E-state index is -4.41. The zero-order valence-electron chi connectivity index (χ0n) is 17.6. The molecule has 3 rings (SSSR count). The number of aromatic nitrogens is 2. The van der Waals surface area contributed by atoms with Crippen molar-refractivity contribution >= 4 is 11.6 Å². The van der Waals surface area contributed by atoms with Crippen LogP contribution in [0.4, 0.5) is 18.9 Å². The van der Waals surface area contributed by atoms with E-state index in [0.717, 1.165) is 18.6 Å². The molecule has 0 fully saturated rings. The Morgan fingerprint density at radius 1 is 1.16 bits per heavy atom. The molecular formula is C22H23F3N4O3. The molecule has 1 amide bonds. The van der Waals surface area contributed by atoms with Crippen LogP contribution in [0.5, 0.6) is 5.75 Å². The maximum absolute atomic E-state index is 12.7. The smallest absolute Gasteiger partial charge is 0.416 e. The molecule has 0 saturated heterocycles. The summed E-state index contributed by atoms with van der Waals surface area (Å²) in [5, 5.41) is 6.67. The molecule has 7 nitrogen and oxygen atoms in total. The molecule has 10 heteroatoms. The third-order valence-corrected chi connectivity index (χ3v) is 4.59. The van der Waals surface area contributed by atoms with Gasteiger partial charge < -0.3 is 14.6 Å². The first-order valence-electron chi connectivity index (χ1n) is 9.95. The highest BCUT2D eigenvalue weighted by Gasteiger charge is 2.30. The average Bonchev–Trinajstić information content (AvgIpc) is 3.22. The van der Waals surface area contributed by atoms with Gasteiger partial charge in [0.25, 0.3) is 0 Å². The lowest BCUT2D eigenvalue weighted by Gasteiger charge is -2.19. The van der Waals surface area contributed by atoms with Gasteiger partial charge in [-0.25, -0.2) is 0 Å². The number of nitrogens with one attached hydrogen (secondary N) is 1. The molecule has 0 aliphatic carbocycles. The number of amides is 1. The molecule has 0 unspecified atom stereocenters. The molecule has 1 aromatic heterocycles. The van der Waals surface area contributed by atoms with Crippen molar-refractivity contribution in [2.24, 2.45) is 0 Å². The molecular weight excluding hydrogens is 425 g/mol. The molecule has 0 aliphatic rings. The Labute approximate surface area is 183 Å². The minimum Gasteiger partial charge on any atom is -0.495 e. The number of rotatable bonds is 9. The van der Waals surface area contributed by atoms with Crippen LogP contribution in [0.1, 0.15) is 24.8 Å². The largest absolute Gasteiger partial charge is 0.495 e. The fourth-order valence-electron chi connectivity index (χ4n) is 3.11. The molecule has 3 aromatic rings. The van der Waals surface area contributed by atoms with Crippen molar-refractivity contribution in [1.82, 2.24) is 15.0 Å². The summed E-state index contributed by atoms with van der Waals surface area (Å²) in [5.74, 6) is 0.772. The number of hydrogen-bond acceptors (Lipinski definition) is 6. The quantitative estimate of drug-likeness (QED) is 0.515. The van der Waals surface area contributed by atoms with Crippen LogP contribution in [0.3, 0.4) is 0 Å². The fourth-order valence-corrected chi connectivity index (χ4v) is 3.11. The normalized spacial score (nSPS) is 11.6. The molecule has 0 aliphatic heterocycles. The predicted octanol–water partition coefficient (Wildman–Crippen LogP) is 4.61. The van der Waals surface area contributed by atoms with E-state index in [1.54, 1.807) is 18.2 Å². The van der Waals surface area contributed by atoms with Crippen LogP contribution >= 0.6 is 0 Å². The lowest BCUT2D eigenvalue weighted by molar-refractivity contribution is -0.137. The maximum atomic E-state index is 12.7. The van der Waals surface area contributed by atoms with E-state index < -0.39 is 11.7 Å². The van der Waals surface area contributed by atoms with E-state index >= 15 is 0 Å². The topological polar surface area (TPSA) is 80.5 Å². The van der Waals surface area contributed by atoms with Gasteiger partial charge in [-0.3, -0.25) is 9.69 Å². The number of anilines is 1. The van der Waals surface area contributed by atoms with Crippen LogP contribution in [0.25, 0.3) is 11.4 Å². The van der Waals surface area contributed by atoms with Crippen molar-refractivity contribution in [3.8, 4) is 17.1 Å². The summed E-state index contributed by atoms with van der Waals surface area (Å²) in [4.78, 5) is 18.6. The second-order valence-electron chi connectivity index (χ2n) is 7.05. The van der Waals surface area contributed by atoms with Crippen molar-refractivity contribution in [3.63, 3.8) is 0 Å². The monoisotopic (exact) mass is 448 g/mol. The third kappa shape index (κ3) is 6.07. The summed E-state index contributed by atoms with van der Waals surface area (Å²) in [6, 6.07) is 11.6. The first kappa shape index (κ1) is 23.3. The van der Waals surface area contributed by atoms with E-state index in [0.29, 0.717) is 23.5 Å². The zero-order valence-corrected chi connectivity index (χ0v) is 17.6. The van der Waals surface area contributed by atoms with Crippen molar-refractivity contribution < 1.29 is 27.2 Å². The van der Waals surface area contributed by atoms with Gasteiger partial charge in [0.05, 0.1) is 31.5 Å². The summed E-state index contributed by atoms with van der Waals surface area (Å²) < 4.78 is 48.7. The highest BCUT2D eigenvalue weighted by molar-refractivity contribution is 5.93. The van der Waals surface area contributed by atoms with E-state index in [9.17, 15) is 18.0 Å². The Bertz CT molecular complexity index is 1040. The number of para-hydroxylation sites is 2. The molecule has 170 valence electrons. The van der Waals surface area contributed by atoms with Gasteiger partial charge in [-0.1, -0.05) is 36.3 Å². The number of nitrogens with zero attached hydrogens (tertiary/aromatic N) is 3. The Balaban J connectivity index is 1.65. The van der Waals surface area contributed by atoms with Gasteiger partial charge in [0.2, 0.25) is 17.6 Å². The summed E-state index contributed by atoms with van der Waals surface area (Å²) in [7, 11) is 1.53. The van der Waals surface area contributed by atoms with Gasteiger partial charge in [0.1, 0.15) is 5.75 Å². The van der Waals surface area contributed by atoms with Crippen LogP contribution in [0, 0.1) is 0 Å². The summed E-state index contributed by atoms with van der Waals surface area (Å²) in [6.07, 6.45) is -3.62. The van der Waals surface area contributed by atoms with E-state index in [-0.39, 0.29) is 30.7 Å². The molecule has 32 heavy (non-hydrogen) atoms. The van der Waals surface area contributed by atoms with Crippen LogP contribution in [0.2, 0.25) is 0 Å². The highest BCUT2D eigenvalue weighted by atomic mass is 19.4. The van der Waals surface area contributed by atoms with E-state index in [2.05, 4.69) is 15.5 Å². The first-order chi connectivity index (χ1) is 15.3. The van der Waals surface area contributed by atoms with E-state index in [1.165, 1.54) is 19.2 Å². The SMILES string of the molecule is CCCN(CC(=O)Nc1ccccc1OC)Cc1nc(-c2ccc(C(F)(F)F)cc2)no1. The Morgan fingerprint density at radius 2 is 1.88 bits per heavy atom. The molecule has 0 radical (unpaired) electrons. The molecule has 0 saturated carbocycles. The van der Waals surface area contributed by atoms with Gasteiger partial charge in [-0.05, 0) is 37.2 Å². The Morgan fingerprint density at radius 3 is 2.53 bits per heavy atom. The number of methoxy groups -OCH3 is 1.